The van der Waals surface area contributed by atoms with Gasteiger partial charge in [0.2, 0.25) is 0 Å². The zero-order chi connectivity index (χ0) is 33.5. The van der Waals surface area contributed by atoms with Crippen molar-refractivity contribution in [2.75, 3.05) is 0 Å². The summed E-state index contributed by atoms with van der Waals surface area (Å²) in [5.41, 5.74) is 5.07. The molecule has 0 amide bonds. The summed E-state index contributed by atoms with van der Waals surface area (Å²) in [6, 6.07) is 31.6. The van der Waals surface area contributed by atoms with Crippen LogP contribution in [0, 0.1) is 48.5 Å². The Kier molecular flexibility index (Phi) is 9.19. The van der Waals surface area contributed by atoms with Crippen LogP contribution in [0.1, 0.15) is 38.9 Å². The summed E-state index contributed by atoms with van der Waals surface area (Å²) in [6.07, 6.45) is 0. The van der Waals surface area contributed by atoms with E-state index >= 15 is 0 Å². The molecule has 0 unspecified atom stereocenters. The van der Waals surface area contributed by atoms with Crippen LogP contribution >= 0.6 is 0 Å². The molecule has 0 radical (unpaired) electrons. The molecule has 9 heteroatoms. The van der Waals surface area contributed by atoms with Crippen LogP contribution in [-0.2, 0) is 25.2 Å². The molecule has 0 spiro atoms. The summed E-state index contributed by atoms with van der Waals surface area (Å²) >= 11 is -6.76. The molecule has 0 fully saturated rings. The molecule has 0 saturated carbocycles. The third kappa shape index (κ3) is 6.09. The predicted molar refractivity (Wildman–Crippen MR) is 187 cm³/mol. The Balaban J connectivity index is 2.03. The average molecular weight is 766 g/mol. The number of hydrogen-bond donors (Lipinski definition) is 0. The van der Waals surface area contributed by atoms with Crippen LogP contribution in [0.15, 0.2) is 119 Å². The van der Waals surface area contributed by atoms with Crippen LogP contribution < -0.4 is 10.5 Å². The Labute approximate surface area is 275 Å². The van der Waals surface area contributed by atoms with E-state index in [1.165, 1.54) is 0 Å². The molecule has 0 aromatic heterocycles. The zero-order valence-electron chi connectivity index (χ0n) is 27.1. The monoisotopic (exact) mass is 764 g/mol. The van der Waals surface area contributed by atoms with Gasteiger partial charge < -0.3 is 0 Å². The third-order valence-electron chi connectivity index (χ3n) is 8.22. The first-order chi connectivity index (χ1) is 21.6. The van der Waals surface area contributed by atoms with Crippen LogP contribution in [0.2, 0.25) is 0 Å². The van der Waals surface area contributed by atoms with E-state index in [4.69, 9.17) is 4.92 Å². The van der Waals surface area contributed by atoms with Gasteiger partial charge in [0, 0.05) is 0 Å². The van der Waals surface area contributed by atoms with Crippen molar-refractivity contribution in [1.29, 1.82) is 0 Å². The Morgan fingerprint density at radius 1 is 0.391 bits per heavy atom. The van der Waals surface area contributed by atoms with Crippen molar-refractivity contribution in [3.63, 3.8) is 0 Å². The summed E-state index contributed by atoms with van der Waals surface area (Å²) in [6.45, 7) is 12.7. The van der Waals surface area contributed by atoms with Crippen molar-refractivity contribution in [1.82, 2.24) is 0 Å². The van der Waals surface area contributed by atoms with Gasteiger partial charge in [0.25, 0.3) is 0 Å². The molecule has 0 saturated heterocycles. The van der Waals surface area contributed by atoms with Crippen molar-refractivity contribution in [3.8, 4) is 0 Å². The quantitative estimate of drug-likeness (QED) is 0.170. The first kappa shape index (κ1) is 34.1. The summed E-state index contributed by atoms with van der Waals surface area (Å²) < 4.78 is 74.1. The number of aryl methyl sites for hydroxylation is 7. The SMILES string of the molecule is Cc1cc[c]([Sb]([O]S(=O)(=O)c2cc(C)ccc2C)([O]S(=O)(=O)c2cc(C)ccc2C)([c]2ccc(C)cc2)[c]2ccc(C)cc2)cc1. The van der Waals surface area contributed by atoms with Gasteiger partial charge in [0.05, 0.1) is 0 Å². The molecule has 0 heterocycles. The molecule has 0 N–H and O–H groups in total. The second kappa shape index (κ2) is 12.4. The minimum atomic E-state index is -6.76. The standard InChI is InChI=1S/2C8H10O3S.3C7H7.Sb/c2*1-6-3-4-7(2)8(5-6)12(9,10)11;3*1-7-5-3-2-4-6-7;/h2*3-5H,1-2H3,(H,9,10,11);3*3-6H,1H3;/q;;;;;+2/p-2. The predicted octanol–water partition coefficient (Wildman–Crippen LogP) is 6.07. The van der Waals surface area contributed by atoms with Gasteiger partial charge >= 0.3 is 277 Å². The molecule has 6 nitrogen and oxygen atoms in total. The van der Waals surface area contributed by atoms with Gasteiger partial charge in [-0.25, -0.2) is 0 Å². The maximum absolute atomic E-state index is 14.8. The molecule has 5 aromatic carbocycles. The van der Waals surface area contributed by atoms with Crippen LogP contribution in [0.5, 0.6) is 0 Å². The van der Waals surface area contributed by atoms with Gasteiger partial charge in [-0.3, -0.25) is 0 Å². The molecule has 240 valence electrons. The third-order valence-corrected chi connectivity index (χ3v) is 30.0. The fourth-order valence-electron chi connectivity index (χ4n) is 5.57. The van der Waals surface area contributed by atoms with Crippen LogP contribution in [0.25, 0.3) is 0 Å². The summed E-state index contributed by atoms with van der Waals surface area (Å²) in [7, 11) is -9.35. The Bertz CT molecular complexity index is 1940. The first-order valence-electron chi connectivity index (χ1n) is 14.9. The Hall–Kier alpha value is -3.26. The normalized spacial score (nSPS) is 13.2. The second-order valence-electron chi connectivity index (χ2n) is 12.1. The Morgan fingerprint density at radius 2 is 0.652 bits per heavy atom. The van der Waals surface area contributed by atoms with Gasteiger partial charge in [-0.1, -0.05) is 0 Å². The topological polar surface area (TPSA) is 86.7 Å². The summed E-state index contributed by atoms with van der Waals surface area (Å²) in [5.74, 6) is 0. The van der Waals surface area contributed by atoms with Gasteiger partial charge in [-0.15, -0.1) is 0 Å². The first-order valence-corrected chi connectivity index (χ1v) is 23.6. The molecular formula is C37H39O6S2Sb. The van der Waals surface area contributed by atoms with Crippen molar-refractivity contribution in [2.45, 2.75) is 58.3 Å². The number of benzene rings is 5. The molecule has 0 aliphatic heterocycles. The maximum atomic E-state index is 14.8. The van der Waals surface area contributed by atoms with Crippen LogP contribution in [-0.4, -0.2) is 35.1 Å². The molecule has 0 aliphatic rings. The molecular weight excluding hydrogens is 726 g/mol. The molecule has 0 bridgehead atoms. The Morgan fingerprint density at radius 3 is 0.935 bits per heavy atom. The summed E-state index contributed by atoms with van der Waals surface area (Å²) in [4.78, 5) is -0.102. The van der Waals surface area contributed by atoms with E-state index < -0.39 is 38.5 Å². The van der Waals surface area contributed by atoms with Crippen molar-refractivity contribution in [3.05, 3.63) is 148 Å². The summed E-state index contributed by atoms with van der Waals surface area (Å²) in [5, 5.41) is 0. The zero-order valence-corrected chi connectivity index (χ0v) is 31.3. The van der Waals surface area contributed by atoms with E-state index in [1.807, 2.05) is 69.3 Å². The minimum absolute atomic E-state index is 0.0511. The number of hydrogen-bond acceptors (Lipinski definition) is 6. The van der Waals surface area contributed by atoms with Gasteiger partial charge in [-0.05, 0) is 0 Å². The molecule has 5 aromatic rings. The van der Waals surface area contributed by atoms with Crippen molar-refractivity contribution in [2.24, 2.45) is 0 Å². The molecule has 5 rings (SSSR count). The van der Waals surface area contributed by atoms with E-state index in [0.717, 1.165) is 16.7 Å². The average Bonchev–Trinajstić information content (AvgIpc) is 3.00. The van der Waals surface area contributed by atoms with Gasteiger partial charge in [-0.2, -0.15) is 0 Å². The van der Waals surface area contributed by atoms with Crippen LogP contribution in [0.3, 0.4) is 0 Å². The van der Waals surface area contributed by atoms with Crippen LogP contribution in [0.4, 0.5) is 0 Å². The van der Waals surface area contributed by atoms with E-state index in [1.54, 1.807) is 88.4 Å². The van der Waals surface area contributed by atoms with E-state index in [-0.39, 0.29) is 9.79 Å². The van der Waals surface area contributed by atoms with E-state index in [9.17, 15) is 16.8 Å². The molecule has 0 aliphatic carbocycles. The van der Waals surface area contributed by atoms with Gasteiger partial charge in [0.15, 0.2) is 0 Å². The fraction of sp³-hybridized carbons (Fsp3) is 0.189. The number of rotatable bonds is 9. The molecule has 0 atom stereocenters. The second-order valence-corrected chi connectivity index (χ2v) is 27.5. The van der Waals surface area contributed by atoms with Gasteiger partial charge in [0.1, 0.15) is 0 Å². The van der Waals surface area contributed by atoms with Crippen molar-refractivity contribution < 1.29 is 21.8 Å². The molecule has 46 heavy (non-hydrogen) atoms. The van der Waals surface area contributed by atoms with E-state index in [0.29, 0.717) is 32.8 Å². The van der Waals surface area contributed by atoms with E-state index in [2.05, 4.69) is 0 Å². The fourth-order valence-corrected chi connectivity index (χ4v) is 30.0. The van der Waals surface area contributed by atoms with Crippen molar-refractivity contribution >= 4 is 49.0 Å².